The number of carbonyl (C=O) groups is 2. The molecule has 1 atom stereocenters. The van der Waals surface area contributed by atoms with Gasteiger partial charge in [-0.2, -0.15) is 5.10 Å². The molecule has 25 heavy (non-hydrogen) atoms. The van der Waals surface area contributed by atoms with Gasteiger partial charge in [0, 0.05) is 5.39 Å². The smallest absolute Gasteiger partial charge is 0.373 e. The molecular formula is C17H14N2O6. The minimum absolute atomic E-state index is 0.00742. The quantitative estimate of drug-likeness (QED) is 0.723. The van der Waals surface area contributed by atoms with Crippen LogP contribution < -0.4 is 5.56 Å². The molecule has 0 bridgehead atoms. The van der Waals surface area contributed by atoms with Crippen molar-refractivity contribution < 1.29 is 23.5 Å². The summed E-state index contributed by atoms with van der Waals surface area (Å²) in [6, 6.07) is 9.53. The molecule has 3 rings (SSSR count). The Morgan fingerprint density at radius 2 is 1.84 bits per heavy atom. The lowest BCUT2D eigenvalue weighted by Crippen LogP contribution is -2.17. The molecule has 8 heteroatoms. The average molecular weight is 342 g/mol. The van der Waals surface area contributed by atoms with Gasteiger partial charge < -0.3 is 13.9 Å². The Morgan fingerprint density at radius 3 is 2.56 bits per heavy atom. The number of ether oxygens (including phenoxy) is 2. The van der Waals surface area contributed by atoms with Crippen LogP contribution in [0.2, 0.25) is 0 Å². The second-order valence-corrected chi connectivity index (χ2v) is 5.19. The molecule has 8 nitrogen and oxygen atoms in total. The van der Waals surface area contributed by atoms with Crippen molar-refractivity contribution in [2.75, 3.05) is 7.11 Å². The van der Waals surface area contributed by atoms with Crippen LogP contribution in [-0.4, -0.2) is 29.2 Å². The van der Waals surface area contributed by atoms with Crippen molar-refractivity contribution in [2.45, 2.75) is 13.0 Å². The molecule has 0 aliphatic heterocycles. The molecule has 128 valence electrons. The monoisotopic (exact) mass is 342 g/mol. The van der Waals surface area contributed by atoms with Crippen LogP contribution >= 0.6 is 0 Å². The Labute approximate surface area is 141 Å². The maximum absolute atomic E-state index is 12.4. The van der Waals surface area contributed by atoms with Crippen LogP contribution in [0, 0.1) is 0 Å². The largest absolute Gasteiger partial charge is 0.463 e. The van der Waals surface area contributed by atoms with Crippen LogP contribution in [0.25, 0.3) is 10.8 Å². The number of furan rings is 1. The zero-order chi connectivity index (χ0) is 18.0. The topological polar surface area (TPSA) is 111 Å². The van der Waals surface area contributed by atoms with Crippen molar-refractivity contribution in [3.05, 3.63) is 64.0 Å². The van der Waals surface area contributed by atoms with Crippen molar-refractivity contribution in [1.82, 2.24) is 10.2 Å². The van der Waals surface area contributed by atoms with Crippen LogP contribution in [0.4, 0.5) is 0 Å². The van der Waals surface area contributed by atoms with Gasteiger partial charge in [0.2, 0.25) is 5.76 Å². The molecule has 0 aliphatic rings. The van der Waals surface area contributed by atoms with Gasteiger partial charge in [0.15, 0.2) is 11.8 Å². The van der Waals surface area contributed by atoms with Gasteiger partial charge in [-0.05, 0) is 25.1 Å². The molecular weight excluding hydrogens is 328 g/mol. The molecule has 3 aromatic rings. The Hall–Kier alpha value is -3.42. The average Bonchev–Trinajstić information content (AvgIpc) is 3.11. The van der Waals surface area contributed by atoms with Gasteiger partial charge in [-0.25, -0.2) is 14.7 Å². The molecule has 0 amide bonds. The number of hydrogen-bond acceptors (Lipinski definition) is 7. The van der Waals surface area contributed by atoms with Crippen LogP contribution in [0.1, 0.15) is 39.8 Å². The van der Waals surface area contributed by atoms with E-state index < -0.39 is 23.6 Å². The second kappa shape index (κ2) is 6.60. The number of carbonyl (C=O) groups excluding carboxylic acids is 2. The molecule has 0 radical (unpaired) electrons. The molecule has 0 unspecified atom stereocenters. The second-order valence-electron chi connectivity index (χ2n) is 5.19. The highest BCUT2D eigenvalue weighted by Gasteiger charge is 2.22. The number of aromatic amines is 1. The predicted molar refractivity (Wildman–Crippen MR) is 86.2 cm³/mol. The van der Waals surface area contributed by atoms with E-state index >= 15 is 0 Å². The molecule has 2 aromatic heterocycles. The van der Waals surface area contributed by atoms with E-state index in [-0.39, 0.29) is 17.2 Å². The zero-order valence-electron chi connectivity index (χ0n) is 13.4. The van der Waals surface area contributed by atoms with Gasteiger partial charge in [-0.15, -0.1) is 0 Å². The number of nitrogens with zero attached hydrogens (tertiary/aromatic N) is 1. The summed E-state index contributed by atoms with van der Waals surface area (Å²) in [5, 5.41) is 6.78. The Kier molecular flexibility index (Phi) is 4.34. The highest BCUT2D eigenvalue weighted by atomic mass is 16.6. The van der Waals surface area contributed by atoms with E-state index in [0.717, 1.165) is 0 Å². The number of esters is 2. The molecule has 2 heterocycles. The lowest BCUT2D eigenvalue weighted by molar-refractivity contribution is 0.0280. The predicted octanol–water partition coefficient (Wildman–Crippen LogP) is 2.22. The number of methoxy groups -OCH3 is 1. The molecule has 1 aromatic carbocycles. The maximum atomic E-state index is 12.4. The number of benzene rings is 1. The summed E-state index contributed by atoms with van der Waals surface area (Å²) >= 11 is 0. The van der Waals surface area contributed by atoms with E-state index in [1.54, 1.807) is 31.2 Å². The first kappa shape index (κ1) is 16.4. The van der Waals surface area contributed by atoms with Crippen LogP contribution in [0.15, 0.2) is 45.6 Å². The number of H-pyrrole nitrogens is 1. The lowest BCUT2D eigenvalue weighted by atomic mass is 10.1. The van der Waals surface area contributed by atoms with Gasteiger partial charge in [0.25, 0.3) is 5.56 Å². The molecule has 0 spiro atoms. The highest BCUT2D eigenvalue weighted by Crippen LogP contribution is 2.22. The van der Waals surface area contributed by atoms with E-state index in [4.69, 9.17) is 9.15 Å². The van der Waals surface area contributed by atoms with Crippen molar-refractivity contribution in [3.8, 4) is 0 Å². The Morgan fingerprint density at radius 1 is 1.12 bits per heavy atom. The number of hydrogen-bond donors (Lipinski definition) is 1. The molecule has 0 saturated carbocycles. The minimum atomic E-state index is -0.765. The number of rotatable bonds is 4. The van der Waals surface area contributed by atoms with E-state index in [1.165, 1.54) is 19.2 Å². The van der Waals surface area contributed by atoms with Gasteiger partial charge in [-0.1, -0.05) is 18.2 Å². The number of nitrogens with one attached hydrogen (secondary N) is 1. The molecule has 0 aliphatic carbocycles. The van der Waals surface area contributed by atoms with Crippen molar-refractivity contribution >= 4 is 22.7 Å². The molecule has 1 N–H and O–H groups in total. The molecule has 0 saturated heterocycles. The van der Waals surface area contributed by atoms with E-state index in [1.807, 2.05) is 0 Å². The summed E-state index contributed by atoms with van der Waals surface area (Å²) in [5.74, 6) is -1.07. The third-order valence-electron chi connectivity index (χ3n) is 3.59. The minimum Gasteiger partial charge on any atom is -0.463 e. The van der Waals surface area contributed by atoms with Crippen molar-refractivity contribution in [2.24, 2.45) is 0 Å². The van der Waals surface area contributed by atoms with Crippen LogP contribution in [-0.2, 0) is 9.47 Å². The van der Waals surface area contributed by atoms with Crippen molar-refractivity contribution in [3.63, 3.8) is 0 Å². The summed E-state index contributed by atoms with van der Waals surface area (Å²) in [4.78, 5) is 35.6. The standard InChI is InChI=1S/C17H14N2O6/c1-9(12-7-8-13(25-12)16(21)23-2)24-17(22)14-10-5-3-4-6-11(10)15(20)19-18-14/h3-9H,1-2H3,(H,19,20)/t9-/m1/s1. The summed E-state index contributed by atoms with van der Waals surface area (Å²) in [6.07, 6.45) is -0.765. The van der Waals surface area contributed by atoms with Gasteiger partial charge in [0.05, 0.1) is 12.5 Å². The lowest BCUT2D eigenvalue weighted by Gasteiger charge is -2.11. The third-order valence-corrected chi connectivity index (χ3v) is 3.59. The van der Waals surface area contributed by atoms with E-state index in [0.29, 0.717) is 10.8 Å². The Balaban J connectivity index is 1.85. The van der Waals surface area contributed by atoms with Gasteiger partial charge in [-0.3, -0.25) is 4.79 Å². The summed E-state index contributed by atoms with van der Waals surface area (Å²) in [5.41, 5.74) is -0.407. The summed E-state index contributed by atoms with van der Waals surface area (Å²) in [7, 11) is 1.24. The summed E-state index contributed by atoms with van der Waals surface area (Å²) < 4.78 is 15.2. The third kappa shape index (κ3) is 3.14. The zero-order valence-corrected chi connectivity index (χ0v) is 13.4. The first-order valence-corrected chi connectivity index (χ1v) is 7.37. The highest BCUT2D eigenvalue weighted by molar-refractivity contribution is 6.02. The van der Waals surface area contributed by atoms with E-state index in [2.05, 4.69) is 14.9 Å². The Bertz CT molecular complexity index is 1000. The maximum Gasteiger partial charge on any atom is 0.373 e. The first-order chi connectivity index (χ1) is 12.0. The SMILES string of the molecule is COC(=O)c1ccc([C@@H](C)OC(=O)c2n[nH]c(=O)c3ccccc23)o1. The van der Waals surface area contributed by atoms with E-state index in [9.17, 15) is 14.4 Å². The fraction of sp³-hybridized carbons (Fsp3) is 0.176. The van der Waals surface area contributed by atoms with Gasteiger partial charge in [0.1, 0.15) is 5.76 Å². The fourth-order valence-corrected chi connectivity index (χ4v) is 2.33. The first-order valence-electron chi connectivity index (χ1n) is 7.37. The normalized spacial score (nSPS) is 11.9. The summed E-state index contributed by atoms with van der Waals surface area (Å²) in [6.45, 7) is 1.59. The number of fused-ring (bicyclic) bond motifs is 1. The van der Waals surface area contributed by atoms with Crippen LogP contribution in [0.5, 0.6) is 0 Å². The van der Waals surface area contributed by atoms with Gasteiger partial charge >= 0.3 is 11.9 Å². The molecule has 0 fully saturated rings. The van der Waals surface area contributed by atoms with Crippen molar-refractivity contribution in [1.29, 1.82) is 0 Å². The fourth-order valence-electron chi connectivity index (χ4n) is 2.33. The van der Waals surface area contributed by atoms with Crippen LogP contribution in [0.3, 0.4) is 0 Å². The number of aromatic nitrogens is 2.